The van der Waals surface area contributed by atoms with Gasteiger partial charge in [-0.25, -0.2) is 0 Å². The molecule has 1 saturated heterocycles. The van der Waals surface area contributed by atoms with Crippen LogP contribution >= 0.6 is 11.8 Å². The highest BCUT2D eigenvalue weighted by Crippen LogP contribution is 2.18. The van der Waals surface area contributed by atoms with Gasteiger partial charge in [0.05, 0.1) is 0 Å². The molecule has 2 heterocycles. The molecule has 1 aliphatic heterocycles. The van der Waals surface area contributed by atoms with Gasteiger partial charge in [-0.3, -0.25) is 4.79 Å². The average molecular weight is 368 g/mol. The fourth-order valence-corrected chi connectivity index (χ4v) is 3.79. The molecule has 0 aromatic carbocycles. The summed E-state index contributed by atoms with van der Waals surface area (Å²) < 4.78 is 2.22. The Kier molecular flexibility index (Phi) is 8.75. The van der Waals surface area contributed by atoms with Crippen molar-refractivity contribution >= 4 is 17.7 Å². The van der Waals surface area contributed by atoms with Crippen molar-refractivity contribution in [1.82, 2.24) is 25.4 Å². The SMILES string of the molecule is CSc1nnc(CCCNC(=O)CCC2CCNCC2)n1CC(C)C. The van der Waals surface area contributed by atoms with Crippen LogP contribution in [0.3, 0.4) is 0 Å². The first-order valence-electron chi connectivity index (χ1n) is 9.53. The molecule has 25 heavy (non-hydrogen) atoms. The first-order valence-corrected chi connectivity index (χ1v) is 10.8. The normalized spacial score (nSPS) is 15.7. The first kappa shape index (κ1) is 20.2. The summed E-state index contributed by atoms with van der Waals surface area (Å²) in [6.07, 6.45) is 7.89. The van der Waals surface area contributed by atoms with Crippen LogP contribution in [-0.4, -0.2) is 46.6 Å². The molecule has 0 radical (unpaired) electrons. The molecular formula is C18H33N5OS. The Morgan fingerprint density at radius 1 is 1.36 bits per heavy atom. The molecule has 6 nitrogen and oxygen atoms in total. The number of thioether (sulfide) groups is 1. The first-order chi connectivity index (χ1) is 12.1. The molecule has 7 heteroatoms. The molecule has 0 atom stereocenters. The molecule has 1 amide bonds. The fraction of sp³-hybridized carbons (Fsp3) is 0.833. The van der Waals surface area contributed by atoms with E-state index in [1.165, 1.54) is 12.8 Å². The van der Waals surface area contributed by atoms with Crippen LogP contribution in [0.1, 0.15) is 51.8 Å². The number of aryl methyl sites for hydroxylation is 1. The van der Waals surface area contributed by atoms with Crippen LogP contribution in [0.25, 0.3) is 0 Å². The summed E-state index contributed by atoms with van der Waals surface area (Å²) in [6, 6.07) is 0. The van der Waals surface area contributed by atoms with Gasteiger partial charge in [0.1, 0.15) is 5.82 Å². The largest absolute Gasteiger partial charge is 0.356 e. The van der Waals surface area contributed by atoms with Crippen molar-refractivity contribution in [2.45, 2.75) is 64.1 Å². The zero-order valence-electron chi connectivity index (χ0n) is 15.9. The van der Waals surface area contributed by atoms with Crippen LogP contribution in [-0.2, 0) is 17.8 Å². The number of rotatable bonds is 10. The number of piperidine rings is 1. The average Bonchev–Trinajstić information content (AvgIpc) is 2.99. The van der Waals surface area contributed by atoms with Crippen LogP contribution in [0.15, 0.2) is 5.16 Å². The maximum Gasteiger partial charge on any atom is 0.220 e. The molecule has 0 saturated carbocycles. The Morgan fingerprint density at radius 2 is 2.12 bits per heavy atom. The number of nitrogens with zero attached hydrogens (tertiary/aromatic N) is 3. The third-order valence-corrected chi connectivity index (χ3v) is 5.33. The standard InChI is InChI=1S/C18H33N5OS/c1-14(2)13-23-16(21-22-18(23)25-3)5-4-10-20-17(24)7-6-15-8-11-19-12-9-15/h14-15,19H,4-13H2,1-3H3,(H,20,24). The zero-order chi connectivity index (χ0) is 18.1. The molecule has 0 aliphatic carbocycles. The van der Waals surface area contributed by atoms with Crippen molar-refractivity contribution in [3.8, 4) is 0 Å². The Morgan fingerprint density at radius 3 is 2.80 bits per heavy atom. The summed E-state index contributed by atoms with van der Waals surface area (Å²) in [5.74, 6) is 2.50. The van der Waals surface area contributed by atoms with Gasteiger partial charge in [-0.1, -0.05) is 25.6 Å². The molecule has 0 unspecified atom stereocenters. The Balaban J connectivity index is 1.66. The molecule has 1 aromatic rings. The van der Waals surface area contributed by atoms with E-state index >= 15 is 0 Å². The summed E-state index contributed by atoms with van der Waals surface area (Å²) in [4.78, 5) is 12.0. The number of amides is 1. The molecule has 1 fully saturated rings. The predicted molar refractivity (Wildman–Crippen MR) is 103 cm³/mol. The Bertz CT molecular complexity index is 526. The van der Waals surface area contributed by atoms with Gasteiger partial charge in [-0.15, -0.1) is 10.2 Å². The molecule has 0 bridgehead atoms. The van der Waals surface area contributed by atoms with Crippen LogP contribution in [0, 0.1) is 11.8 Å². The second kappa shape index (κ2) is 10.8. The van der Waals surface area contributed by atoms with E-state index in [9.17, 15) is 4.79 Å². The maximum atomic E-state index is 12.0. The predicted octanol–water partition coefficient (Wildman–Crippen LogP) is 2.48. The van der Waals surface area contributed by atoms with Gasteiger partial charge in [0.2, 0.25) is 5.91 Å². The van der Waals surface area contributed by atoms with E-state index in [0.717, 1.165) is 49.9 Å². The van der Waals surface area contributed by atoms with Gasteiger partial charge in [0.25, 0.3) is 0 Å². The van der Waals surface area contributed by atoms with E-state index in [0.29, 0.717) is 24.8 Å². The second-order valence-electron chi connectivity index (χ2n) is 7.29. The maximum absolute atomic E-state index is 12.0. The summed E-state index contributed by atoms with van der Waals surface area (Å²) in [5.41, 5.74) is 0. The lowest BCUT2D eigenvalue weighted by Gasteiger charge is -2.22. The third-order valence-electron chi connectivity index (χ3n) is 4.66. The lowest BCUT2D eigenvalue weighted by atomic mass is 9.93. The Labute approximate surface area is 155 Å². The van der Waals surface area contributed by atoms with Crippen LogP contribution in [0.5, 0.6) is 0 Å². The minimum Gasteiger partial charge on any atom is -0.356 e. The van der Waals surface area contributed by atoms with Gasteiger partial charge in [-0.05, 0) is 56.9 Å². The van der Waals surface area contributed by atoms with Crippen molar-refractivity contribution in [3.63, 3.8) is 0 Å². The zero-order valence-corrected chi connectivity index (χ0v) is 16.7. The van der Waals surface area contributed by atoms with Gasteiger partial charge >= 0.3 is 0 Å². The van der Waals surface area contributed by atoms with E-state index in [4.69, 9.17) is 0 Å². The van der Waals surface area contributed by atoms with Crippen LogP contribution in [0.2, 0.25) is 0 Å². The highest BCUT2D eigenvalue weighted by Gasteiger charge is 2.15. The van der Waals surface area contributed by atoms with Crippen molar-refractivity contribution in [1.29, 1.82) is 0 Å². The van der Waals surface area contributed by atoms with E-state index in [1.807, 2.05) is 6.26 Å². The number of carbonyl (C=O) groups excluding carboxylic acids is 1. The minimum atomic E-state index is 0.187. The lowest BCUT2D eigenvalue weighted by molar-refractivity contribution is -0.121. The molecule has 2 rings (SSSR count). The summed E-state index contributed by atoms with van der Waals surface area (Å²) in [6.45, 7) is 8.27. The monoisotopic (exact) mass is 367 g/mol. The van der Waals surface area contributed by atoms with Gasteiger partial charge in [-0.2, -0.15) is 0 Å². The lowest BCUT2D eigenvalue weighted by Crippen LogP contribution is -2.29. The summed E-state index contributed by atoms with van der Waals surface area (Å²) in [7, 11) is 0. The number of carbonyl (C=O) groups is 1. The van der Waals surface area contributed by atoms with E-state index in [1.54, 1.807) is 11.8 Å². The van der Waals surface area contributed by atoms with Crippen molar-refractivity contribution in [2.24, 2.45) is 11.8 Å². The smallest absolute Gasteiger partial charge is 0.220 e. The van der Waals surface area contributed by atoms with Crippen molar-refractivity contribution in [2.75, 3.05) is 25.9 Å². The molecule has 0 spiro atoms. The highest BCUT2D eigenvalue weighted by molar-refractivity contribution is 7.98. The van der Waals surface area contributed by atoms with Crippen molar-refractivity contribution < 1.29 is 4.79 Å². The topological polar surface area (TPSA) is 71.8 Å². The van der Waals surface area contributed by atoms with E-state index in [-0.39, 0.29) is 5.91 Å². The highest BCUT2D eigenvalue weighted by atomic mass is 32.2. The molecular weight excluding hydrogens is 334 g/mol. The molecule has 142 valence electrons. The summed E-state index contributed by atoms with van der Waals surface area (Å²) in [5, 5.41) is 16.0. The van der Waals surface area contributed by atoms with Gasteiger partial charge in [0, 0.05) is 25.9 Å². The fourth-order valence-electron chi connectivity index (χ4n) is 3.27. The quantitative estimate of drug-likeness (QED) is 0.491. The summed E-state index contributed by atoms with van der Waals surface area (Å²) >= 11 is 1.64. The number of hydrogen-bond donors (Lipinski definition) is 2. The number of nitrogens with one attached hydrogen (secondary N) is 2. The molecule has 2 N–H and O–H groups in total. The second-order valence-corrected chi connectivity index (χ2v) is 8.07. The molecule has 1 aromatic heterocycles. The number of aromatic nitrogens is 3. The third kappa shape index (κ3) is 6.98. The van der Waals surface area contributed by atoms with E-state index < -0.39 is 0 Å². The molecule has 1 aliphatic rings. The van der Waals surface area contributed by atoms with Crippen LogP contribution in [0.4, 0.5) is 0 Å². The van der Waals surface area contributed by atoms with Crippen LogP contribution < -0.4 is 10.6 Å². The van der Waals surface area contributed by atoms with Gasteiger partial charge in [0.15, 0.2) is 5.16 Å². The van der Waals surface area contributed by atoms with Crippen molar-refractivity contribution in [3.05, 3.63) is 5.82 Å². The minimum absolute atomic E-state index is 0.187. The Hall–Kier alpha value is -1.08. The van der Waals surface area contributed by atoms with Gasteiger partial charge < -0.3 is 15.2 Å². The number of hydrogen-bond acceptors (Lipinski definition) is 5. The van der Waals surface area contributed by atoms with E-state index in [2.05, 4.69) is 39.2 Å².